The number of anilines is 1. The zero-order valence-corrected chi connectivity index (χ0v) is 13.7. The Morgan fingerprint density at radius 1 is 1.24 bits per heavy atom. The van der Waals surface area contributed by atoms with Crippen molar-refractivity contribution in [1.29, 1.82) is 0 Å². The molecule has 2 rings (SSSR count). The number of hydrogen-bond donors (Lipinski definition) is 2. The fourth-order valence-corrected chi connectivity index (χ4v) is 3.55. The highest BCUT2D eigenvalue weighted by Crippen LogP contribution is 2.14. The van der Waals surface area contributed by atoms with Crippen molar-refractivity contribution in [2.24, 2.45) is 0 Å². The maximum atomic E-state index is 12.1. The van der Waals surface area contributed by atoms with Crippen LogP contribution in [-0.4, -0.2) is 26.5 Å². The number of benzene rings is 1. The Bertz CT molecular complexity index is 678. The van der Waals surface area contributed by atoms with Crippen LogP contribution in [0.3, 0.4) is 0 Å². The number of nitrogens with zero attached hydrogens (tertiary/aromatic N) is 1. The van der Waals surface area contributed by atoms with Crippen molar-refractivity contribution in [3.8, 4) is 0 Å². The summed E-state index contributed by atoms with van der Waals surface area (Å²) in [5, 5.41) is 6.08. The molecule has 0 fully saturated rings. The molecule has 0 aliphatic heterocycles. The highest BCUT2D eigenvalue weighted by Gasteiger charge is 2.13. The van der Waals surface area contributed by atoms with Crippen molar-refractivity contribution in [1.82, 2.24) is 9.71 Å². The van der Waals surface area contributed by atoms with E-state index in [0.29, 0.717) is 13.0 Å². The van der Waals surface area contributed by atoms with Crippen LogP contribution in [-0.2, 0) is 16.4 Å². The van der Waals surface area contributed by atoms with Gasteiger partial charge in [-0.2, -0.15) is 0 Å². The van der Waals surface area contributed by atoms with Gasteiger partial charge in [0, 0.05) is 30.6 Å². The average molecular weight is 325 g/mol. The molecule has 0 saturated carbocycles. The lowest BCUT2D eigenvalue weighted by Crippen LogP contribution is -2.26. The first-order valence-corrected chi connectivity index (χ1v) is 9.12. The largest absolute Gasteiger partial charge is 0.385 e. The molecule has 0 amide bonds. The first-order chi connectivity index (χ1) is 10.0. The Kier molecular flexibility index (Phi) is 5.33. The first kappa shape index (κ1) is 15.9. The Morgan fingerprint density at radius 3 is 2.52 bits per heavy atom. The second kappa shape index (κ2) is 7.02. The third-order valence-corrected chi connectivity index (χ3v) is 5.18. The van der Waals surface area contributed by atoms with Crippen molar-refractivity contribution in [2.45, 2.75) is 25.2 Å². The number of thiazole rings is 1. The van der Waals surface area contributed by atoms with Crippen LogP contribution in [0.25, 0.3) is 0 Å². The molecule has 1 heterocycles. The average Bonchev–Trinajstić information content (AvgIpc) is 2.85. The lowest BCUT2D eigenvalue weighted by atomic mass is 10.3. The van der Waals surface area contributed by atoms with Gasteiger partial charge in [-0.15, -0.1) is 11.3 Å². The van der Waals surface area contributed by atoms with Gasteiger partial charge in [-0.05, 0) is 38.1 Å². The molecular weight excluding hydrogens is 306 g/mol. The normalized spacial score (nSPS) is 11.5. The highest BCUT2D eigenvalue weighted by molar-refractivity contribution is 7.89. The molecule has 0 saturated heterocycles. The molecule has 0 radical (unpaired) electrons. The topological polar surface area (TPSA) is 71.1 Å². The highest BCUT2D eigenvalue weighted by atomic mass is 32.2. The Morgan fingerprint density at radius 2 is 1.95 bits per heavy atom. The molecule has 0 unspecified atom stereocenters. The first-order valence-electron chi connectivity index (χ1n) is 6.76. The van der Waals surface area contributed by atoms with E-state index in [4.69, 9.17) is 0 Å². The number of rotatable bonds is 7. The summed E-state index contributed by atoms with van der Waals surface area (Å²) in [6.07, 6.45) is 0.596. The summed E-state index contributed by atoms with van der Waals surface area (Å²) in [7, 11) is -3.46. The predicted molar refractivity (Wildman–Crippen MR) is 86.3 cm³/mol. The van der Waals surface area contributed by atoms with Gasteiger partial charge in [0.25, 0.3) is 0 Å². The summed E-state index contributed by atoms with van der Waals surface area (Å²) in [6, 6.07) is 6.74. The maximum Gasteiger partial charge on any atom is 0.240 e. The van der Waals surface area contributed by atoms with E-state index in [9.17, 15) is 8.42 Å². The number of aryl methyl sites for hydroxylation is 1. The molecule has 0 atom stereocenters. The predicted octanol–water partition coefficient (Wildman–Crippen LogP) is 2.40. The van der Waals surface area contributed by atoms with Crippen LogP contribution in [0.15, 0.2) is 34.5 Å². The fourth-order valence-electron chi connectivity index (χ4n) is 1.88. The van der Waals surface area contributed by atoms with Gasteiger partial charge in [-0.25, -0.2) is 18.1 Å². The molecule has 5 nitrogen and oxygen atoms in total. The zero-order valence-electron chi connectivity index (χ0n) is 12.1. The van der Waals surface area contributed by atoms with E-state index in [0.717, 1.165) is 22.9 Å². The molecule has 7 heteroatoms. The van der Waals surface area contributed by atoms with E-state index in [-0.39, 0.29) is 4.90 Å². The molecule has 21 heavy (non-hydrogen) atoms. The van der Waals surface area contributed by atoms with Crippen LogP contribution in [0.4, 0.5) is 5.69 Å². The summed E-state index contributed by atoms with van der Waals surface area (Å²) in [4.78, 5) is 4.59. The SMILES string of the molecule is CCNc1ccc(S(=O)(=O)NCCc2csc(C)n2)cc1. The van der Waals surface area contributed by atoms with Crippen LogP contribution in [0.1, 0.15) is 17.6 Å². The van der Waals surface area contributed by atoms with Gasteiger partial charge in [0.2, 0.25) is 10.0 Å². The van der Waals surface area contributed by atoms with Crippen LogP contribution < -0.4 is 10.0 Å². The number of sulfonamides is 1. The third kappa shape index (κ3) is 4.52. The summed E-state index contributed by atoms with van der Waals surface area (Å²) < 4.78 is 26.9. The molecule has 0 aliphatic rings. The van der Waals surface area contributed by atoms with Crippen molar-refractivity contribution >= 4 is 27.0 Å². The number of hydrogen-bond acceptors (Lipinski definition) is 5. The summed E-state index contributed by atoms with van der Waals surface area (Å²) >= 11 is 1.57. The van der Waals surface area contributed by atoms with Crippen molar-refractivity contribution < 1.29 is 8.42 Å². The molecule has 2 aromatic rings. The number of nitrogens with one attached hydrogen (secondary N) is 2. The van der Waals surface area contributed by atoms with E-state index in [2.05, 4.69) is 15.0 Å². The summed E-state index contributed by atoms with van der Waals surface area (Å²) in [5.41, 5.74) is 1.83. The Labute approximate surface area is 129 Å². The maximum absolute atomic E-state index is 12.1. The molecule has 0 aliphatic carbocycles. The minimum Gasteiger partial charge on any atom is -0.385 e. The van der Waals surface area contributed by atoms with Crippen LogP contribution in [0, 0.1) is 6.92 Å². The van der Waals surface area contributed by atoms with Gasteiger partial charge in [-0.1, -0.05) is 0 Å². The van der Waals surface area contributed by atoms with E-state index in [1.165, 1.54) is 0 Å². The summed E-state index contributed by atoms with van der Waals surface area (Å²) in [6.45, 7) is 5.08. The van der Waals surface area contributed by atoms with Gasteiger partial charge in [0.15, 0.2) is 0 Å². The minimum absolute atomic E-state index is 0.276. The minimum atomic E-state index is -3.46. The molecule has 1 aromatic heterocycles. The van der Waals surface area contributed by atoms with E-state index in [1.54, 1.807) is 35.6 Å². The van der Waals surface area contributed by atoms with Crippen LogP contribution in [0.5, 0.6) is 0 Å². The van der Waals surface area contributed by atoms with Crippen molar-refractivity contribution in [3.63, 3.8) is 0 Å². The van der Waals surface area contributed by atoms with Gasteiger partial charge in [-0.3, -0.25) is 0 Å². The second-order valence-electron chi connectivity index (χ2n) is 4.56. The molecule has 0 spiro atoms. The van der Waals surface area contributed by atoms with Crippen LogP contribution in [0.2, 0.25) is 0 Å². The molecule has 2 N–H and O–H groups in total. The van der Waals surface area contributed by atoms with E-state index in [1.807, 2.05) is 19.2 Å². The molecular formula is C14H19N3O2S2. The van der Waals surface area contributed by atoms with Crippen LogP contribution >= 0.6 is 11.3 Å². The van der Waals surface area contributed by atoms with Crippen molar-refractivity contribution in [2.75, 3.05) is 18.4 Å². The number of aromatic nitrogens is 1. The quantitative estimate of drug-likeness (QED) is 0.820. The Hall–Kier alpha value is -1.44. The van der Waals surface area contributed by atoms with Gasteiger partial charge in [0.1, 0.15) is 0 Å². The van der Waals surface area contributed by atoms with E-state index >= 15 is 0 Å². The fraction of sp³-hybridized carbons (Fsp3) is 0.357. The van der Waals surface area contributed by atoms with E-state index < -0.39 is 10.0 Å². The molecule has 0 bridgehead atoms. The second-order valence-corrected chi connectivity index (χ2v) is 7.39. The summed E-state index contributed by atoms with van der Waals surface area (Å²) in [5.74, 6) is 0. The van der Waals surface area contributed by atoms with Gasteiger partial charge >= 0.3 is 0 Å². The lowest BCUT2D eigenvalue weighted by Gasteiger charge is -2.07. The zero-order chi connectivity index (χ0) is 15.3. The van der Waals surface area contributed by atoms with Gasteiger partial charge in [0.05, 0.1) is 15.6 Å². The van der Waals surface area contributed by atoms with Crippen molar-refractivity contribution in [3.05, 3.63) is 40.3 Å². The van der Waals surface area contributed by atoms with Gasteiger partial charge < -0.3 is 5.32 Å². The molecule has 1 aromatic carbocycles. The smallest absolute Gasteiger partial charge is 0.240 e. The Balaban J connectivity index is 1.94. The third-order valence-electron chi connectivity index (χ3n) is 2.89. The monoisotopic (exact) mass is 325 g/mol. The molecule has 114 valence electrons. The standard InChI is InChI=1S/C14H19N3O2S2/c1-3-15-12-4-6-14(7-5-12)21(18,19)16-9-8-13-10-20-11(2)17-13/h4-7,10,15-16H,3,8-9H2,1-2H3. The lowest BCUT2D eigenvalue weighted by molar-refractivity contribution is 0.581.